The molecule has 1 amide bonds. The van der Waals surface area contributed by atoms with Crippen LogP contribution in [0.25, 0.3) is 0 Å². The molecule has 0 aromatic carbocycles. The number of hydrogen-bond acceptors (Lipinski definition) is 3. The Hall–Kier alpha value is -0.810. The average molecular weight is 187 g/mol. The van der Waals surface area contributed by atoms with Gasteiger partial charge in [0.05, 0.1) is 0 Å². The predicted molar refractivity (Wildman–Crippen MR) is 50.0 cm³/mol. The summed E-state index contributed by atoms with van der Waals surface area (Å²) in [5, 5.41) is 13.9. The van der Waals surface area contributed by atoms with Gasteiger partial charge in [-0.1, -0.05) is 0 Å². The van der Waals surface area contributed by atoms with Crippen LogP contribution in [0.4, 0.5) is 4.79 Å². The molecule has 1 fully saturated rings. The van der Waals surface area contributed by atoms with Crippen LogP contribution < -0.4 is 10.6 Å². The number of nitrogens with one attached hydrogen (secondary N) is 2. The highest BCUT2D eigenvalue weighted by molar-refractivity contribution is 5.64. The Morgan fingerprint density at radius 3 is 2.77 bits per heavy atom. The first kappa shape index (κ1) is 10.3. The van der Waals surface area contributed by atoms with E-state index >= 15 is 0 Å². The number of rotatable bonds is 4. The van der Waals surface area contributed by atoms with E-state index in [0.717, 1.165) is 39.1 Å². The van der Waals surface area contributed by atoms with Gasteiger partial charge in [-0.3, -0.25) is 0 Å². The maximum absolute atomic E-state index is 10.1. The van der Waals surface area contributed by atoms with Crippen molar-refractivity contribution < 1.29 is 9.90 Å². The third-order valence-electron chi connectivity index (χ3n) is 2.14. The molecule has 76 valence electrons. The second-order valence-corrected chi connectivity index (χ2v) is 3.18. The van der Waals surface area contributed by atoms with E-state index in [1.165, 1.54) is 0 Å². The van der Waals surface area contributed by atoms with Gasteiger partial charge in [-0.25, -0.2) is 4.79 Å². The summed E-state index contributed by atoms with van der Waals surface area (Å²) in [7, 11) is 0. The number of carbonyl (C=O) groups is 1. The molecule has 5 heteroatoms. The van der Waals surface area contributed by atoms with Gasteiger partial charge in [0.2, 0.25) is 0 Å². The minimum Gasteiger partial charge on any atom is -0.465 e. The Kier molecular flexibility index (Phi) is 4.56. The van der Waals surface area contributed by atoms with Crippen LogP contribution in [0, 0.1) is 0 Å². The normalized spacial score (nSPS) is 18.5. The zero-order chi connectivity index (χ0) is 9.52. The number of nitrogens with zero attached hydrogens (tertiary/aromatic N) is 1. The highest BCUT2D eigenvalue weighted by atomic mass is 16.4. The second kappa shape index (κ2) is 5.77. The second-order valence-electron chi connectivity index (χ2n) is 3.18. The van der Waals surface area contributed by atoms with Crippen LogP contribution in [0.3, 0.4) is 0 Å². The first-order valence-corrected chi connectivity index (χ1v) is 4.69. The Bertz CT molecular complexity index is 157. The van der Waals surface area contributed by atoms with E-state index in [4.69, 9.17) is 5.11 Å². The summed E-state index contributed by atoms with van der Waals surface area (Å²) < 4.78 is 0. The fourth-order valence-electron chi connectivity index (χ4n) is 1.43. The van der Waals surface area contributed by atoms with Crippen LogP contribution in [0.15, 0.2) is 0 Å². The summed E-state index contributed by atoms with van der Waals surface area (Å²) in [5.74, 6) is 0. The zero-order valence-corrected chi connectivity index (χ0v) is 7.75. The molecular weight excluding hydrogens is 170 g/mol. The summed E-state index contributed by atoms with van der Waals surface area (Å²) in [6.45, 7) is 5.79. The minimum atomic E-state index is -0.930. The van der Waals surface area contributed by atoms with Crippen LogP contribution in [-0.2, 0) is 0 Å². The van der Waals surface area contributed by atoms with Gasteiger partial charge >= 0.3 is 6.09 Å². The molecule has 0 aromatic heterocycles. The smallest absolute Gasteiger partial charge is 0.404 e. The molecule has 0 aromatic rings. The fourth-order valence-corrected chi connectivity index (χ4v) is 1.43. The molecule has 0 spiro atoms. The van der Waals surface area contributed by atoms with Gasteiger partial charge in [-0.05, 0) is 13.0 Å². The van der Waals surface area contributed by atoms with E-state index in [-0.39, 0.29) is 0 Å². The van der Waals surface area contributed by atoms with Crippen LogP contribution in [0.2, 0.25) is 0 Å². The van der Waals surface area contributed by atoms with Gasteiger partial charge in [-0.2, -0.15) is 0 Å². The van der Waals surface area contributed by atoms with E-state index in [1.807, 2.05) is 0 Å². The summed E-state index contributed by atoms with van der Waals surface area (Å²) in [5.41, 5.74) is 0. The summed E-state index contributed by atoms with van der Waals surface area (Å²) in [6.07, 6.45) is -0.0351. The van der Waals surface area contributed by atoms with Crippen molar-refractivity contribution in [1.29, 1.82) is 0 Å². The molecule has 1 heterocycles. The molecule has 1 aliphatic rings. The van der Waals surface area contributed by atoms with E-state index in [9.17, 15) is 4.79 Å². The number of hydrogen-bond donors (Lipinski definition) is 3. The van der Waals surface area contributed by atoms with Gasteiger partial charge in [-0.15, -0.1) is 0 Å². The van der Waals surface area contributed by atoms with Crippen molar-refractivity contribution in [2.45, 2.75) is 6.42 Å². The molecule has 1 saturated heterocycles. The van der Waals surface area contributed by atoms with Gasteiger partial charge in [0, 0.05) is 32.7 Å². The Labute approximate surface area is 78.1 Å². The minimum absolute atomic E-state index is 0.555. The van der Waals surface area contributed by atoms with Crippen molar-refractivity contribution >= 4 is 6.09 Å². The predicted octanol–water partition coefficient (Wildman–Crippen LogP) is -0.451. The van der Waals surface area contributed by atoms with Gasteiger partial charge in [0.1, 0.15) is 0 Å². The first-order valence-electron chi connectivity index (χ1n) is 4.69. The maximum atomic E-state index is 10.1. The number of amides is 1. The molecule has 1 aliphatic heterocycles. The van der Waals surface area contributed by atoms with Crippen LogP contribution in [0.5, 0.6) is 0 Å². The lowest BCUT2D eigenvalue weighted by molar-refractivity contribution is 0.192. The van der Waals surface area contributed by atoms with Gasteiger partial charge in [0.15, 0.2) is 0 Å². The zero-order valence-electron chi connectivity index (χ0n) is 7.75. The largest absolute Gasteiger partial charge is 0.465 e. The van der Waals surface area contributed by atoms with Gasteiger partial charge < -0.3 is 20.6 Å². The number of piperazine rings is 1. The van der Waals surface area contributed by atoms with E-state index in [2.05, 4.69) is 15.5 Å². The van der Waals surface area contributed by atoms with Crippen molar-refractivity contribution in [3.05, 3.63) is 0 Å². The average Bonchev–Trinajstić information content (AvgIpc) is 2.14. The standard InChI is InChI=1S/C8H17N3O2/c12-8(13)10-2-1-5-11-6-3-9-4-7-11/h9-10H,1-7H2,(H,12,13). The maximum Gasteiger partial charge on any atom is 0.404 e. The summed E-state index contributed by atoms with van der Waals surface area (Å²) in [6, 6.07) is 0. The van der Waals surface area contributed by atoms with Crippen LogP contribution in [-0.4, -0.2) is 55.4 Å². The van der Waals surface area contributed by atoms with Crippen molar-refractivity contribution in [3.63, 3.8) is 0 Å². The fraction of sp³-hybridized carbons (Fsp3) is 0.875. The lowest BCUT2D eigenvalue weighted by atomic mass is 10.3. The van der Waals surface area contributed by atoms with Gasteiger partial charge in [0.25, 0.3) is 0 Å². The third-order valence-corrected chi connectivity index (χ3v) is 2.14. The molecule has 0 radical (unpaired) electrons. The summed E-state index contributed by atoms with van der Waals surface area (Å²) >= 11 is 0. The molecule has 5 nitrogen and oxygen atoms in total. The Morgan fingerprint density at radius 1 is 1.46 bits per heavy atom. The molecule has 0 saturated carbocycles. The quantitative estimate of drug-likeness (QED) is 0.522. The van der Waals surface area contributed by atoms with Crippen LogP contribution in [0.1, 0.15) is 6.42 Å². The van der Waals surface area contributed by atoms with E-state index in [1.54, 1.807) is 0 Å². The topological polar surface area (TPSA) is 64.6 Å². The molecule has 0 unspecified atom stereocenters. The molecule has 0 aliphatic carbocycles. The molecule has 3 N–H and O–H groups in total. The van der Waals surface area contributed by atoms with Crippen molar-refractivity contribution in [3.8, 4) is 0 Å². The monoisotopic (exact) mass is 187 g/mol. The van der Waals surface area contributed by atoms with Crippen LogP contribution >= 0.6 is 0 Å². The highest BCUT2D eigenvalue weighted by Crippen LogP contribution is 1.93. The van der Waals surface area contributed by atoms with Crippen molar-refractivity contribution in [2.24, 2.45) is 0 Å². The van der Waals surface area contributed by atoms with E-state index < -0.39 is 6.09 Å². The Balaban J connectivity index is 1.95. The molecular formula is C8H17N3O2. The Morgan fingerprint density at radius 2 is 2.15 bits per heavy atom. The highest BCUT2D eigenvalue weighted by Gasteiger charge is 2.08. The summed E-state index contributed by atoms with van der Waals surface area (Å²) in [4.78, 5) is 12.5. The third kappa shape index (κ3) is 4.69. The molecule has 0 atom stereocenters. The number of carboxylic acid groups (broad SMARTS) is 1. The molecule has 1 rings (SSSR count). The lowest BCUT2D eigenvalue weighted by Gasteiger charge is -2.26. The first-order chi connectivity index (χ1) is 6.29. The van der Waals surface area contributed by atoms with Crippen molar-refractivity contribution in [1.82, 2.24) is 15.5 Å². The van der Waals surface area contributed by atoms with E-state index in [0.29, 0.717) is 6.54 Å². The molecule has 0 bridgehead atoms. The lowest BCUT2D eigenvalue weighted by Crippen LogP contribution is -2.44. The van der Waals surface area contributed by atoms with Crippen molar-refractivity contribution in [2.75, 3.05) is 39.3 Å². The SMILES string of the molecule is O=C(O)NCCCN1CCNCC1. The molecule has 13 heavy (non-hydrogen) atoms.